The lowest BCUT2D eigenvalue weighted by Gasteiger charge is -2.06. The van der Waals surface area contributed by atoms with Gasteiger partial charge in [0.1, 0.15) is 0 Å². The largest absolute Gasteiger partial charge is 0.478 e. The number of fused-ring (bicyclic) bond motifs is 1. The fourth-order valence-electron chi connectivity index (χ4n) is 2.52. The average Bonchev–Trinajstić information content (AvgIpc) is 2.54. The van der Waals surface area contributed by atoms with E-state index in [2.05, 4.69) is 0 Å². The van der Waals surface area contributed by atoms with Crippen molar-refractivity contribution in [2.75, 3.05) is 0 Å². The molecule has 0 aliphatic carbocycles. The molecule has 3 nitrogen and oxygen atoms in total. The number of Topliss-reactive ketones (excluding diaryl/α,β-unsaturated/α-hetero) is 1. The molecule has 22 heavy (non-hydrogen) atoms. The highest BCUT2D eigenvalue weighted by atomic mass is 16.4. The number of hydrogen-bond acceptors (Lipinski definition) is 2. The van der Waals surface area contributed by atoms with Crippen LogP contribution in [0.1, 0.15) is 26.3 Å². The molecule has 0 aromatic heterocycles. The van der Waals surface area contributed by atoms with E-state index in [9.17, 15) is 14.7 Å². The smallest absolute Gasteiger partial charge is 0.335 e. The van der Waals surface area contributed by atoms with Crippen LogP contribution in [0.15, 0.2) is 66.7 Å². The second-order valence-electron chi connectivity index (χ2n) is 5.12. The summed E-state index contributed by atoms with van der Waals surface area (Å²) in [5, 5.41) is 11.3. The van der Waals surface area contributed by atoms with Gasteiger partial charge in [-0.05, 0) is 28.5 Å². The molecule has 0 aliphatic rings. The highest BCUT2D eigenvalue weighted by Crippen LogP contribution is 2.18. The number of carboxylic acid groups (broad SMARTS) is 1. The normalized spacial score (nSPS) is 10.5. The molecule has 3 aromatic rings. The molecule has 0 spiro atoms. The zero-order valence-corrected chi connectivity index (χ0v) is 11.8. The summed E-state index contributed by atoms with van der Waals surface area (Å²) in [6.07, 6.45) is 0.0841. The van der Waals surface area contributed by atoms with Crippen LogP contribution in [0, 0.1) is 0 Å². The Bertz CT molecular complexity index is 865. The summed E-state index contributed by atoms with van der Waals surface area (Å²) in [5.74, 6) is -1.10. The maximum Gasteiger partial charge on any atom is 0.335 e. The first-order chi connectivity index (χ1) is 10.6. The molecule has 0 heterocycles. The monoisotopic (exact) mass is 290 g/mol. The van der Waals surface area contributed by atoms with E-state index in [0.717, 1.165) is 10.8 Å². The highest BCUT2D eigenvalue weighted by Gasteiger charge is 2.14. The standard InChI is InChI=1S/C19H14O3/c20-18(12-15-7-3-4-8-17(15)19(21)22)16-10-9-13-5-1-2-6-14(13)11-16/h1-11H,12H2,(H,21,22). The Morgan fingerprint density at radius 2 is 1.50 bits per heavy atom. The van der Waals surface area contributed by atoms with Crippen LogP contribution in [0.3, 0.4) is 0 Å². The van der Waals surface area contributed by atoms with Crippen molar-refractivity contribution in [2.45, 2.75) is 6.42 Å². The third-order valence-corrected chi connectivity index (χ3v) is 3.67. The van der Waals surface area contributed by atoms with Crippen molar-refractivity contribution in [3.8, 4) is 0 Å². The van der Waals surface area contributed by atoms with Crippen LogP contribution in [0.4, 0.5) is 0 Å². The van der Waals surface area contributed by atoms with Crippen LogP contribution in [0.2, 0.25) is 0 Å². The number of carboxylic acids is 1. The second kappa shape index (κ2) is 5.82. The zero-order chi connectivity index (χ0) is 15.5. The molecule has 3 rings (SSSR count). The van der Waals surface area contributed by atoms with Crippen LogP contribution in [-0.4, -0.2) is 16.9 Å². The molecule has 0 unspecified atom stereocenters. The first kappa shape index (κ1) is 14.0. The molecule has 108 valence electrons. The molecule has 0 saturated carbocycles. The molecule has 0 bridgehead atoms. The van der Waals surface area contributed by atoms with Gasteiger partial charge in [0, 0.05) is 12.0 Å². The van der Waals surface area contributed by atoms with E-state index < -0.39 is 5.97 Å². The summed E-state index contributed by atoms with van der Waals surface area (Å²) in [4.78, 5) is 23.6. The Kier molecular flexibility index (Phi) is 3.71. The van der Waals surface area contributed by atoms with Crippen LogP contribution >= 0.6 is 0 Å². The molecule has 0 amide bonds. The van der Waals surface area contributed by atoms with Gasteiger partial charge in [-0.25, -0.2) is 4.79 Å². The third-order valence-electron chi connectivity index (χ3n) is 3.67. The average molecular weight is 290 g/mol. The molecule has 0 saturated heterocycles. The van der Waals surface area contributed by atoms with Gasteiger partial charge in [0.15, 0.2) is 5.78 Å². The van der Waals surface area contributed by atoms with E-state index in [1.54, 1.807) is 24.3 Å². The van der Waals surface area contributed by atoms with Crippen molar-refractivity contribution >= 4 is 22.5 Å². The van der Waals surface area contributed by atoms with Gasteiger partial charge in [0.25, 0.3) is 0 Å². The summed E-state index contributed by atoms with van der Waals surface area (Å²) in [6.45, 7) is 0. The van der Waals surface area contributed by atoms with Crippen LogP contribution in [-0.2, 0) is 6.42 Å². The van der Waals surface area contributed by atoms with Gasteiger partial charge < -0.3 is 5.11 Å². The predicted octanol–water partition coefficient (Wildman–Crippen LogP) is 3.96. The molecular weight excluding hydrogens is 276 g/mol. The molecule has 3 aromatic carbocycles. The number of rotatable bonds is 4. The number of hydrogen-bond donors (Lipinski definition) is 1. The number of carbonyl (C=O) groups is 2. The molecule has 0 atom stereocenters. The van der Waals surface area contributed by atoms with E-state index in [1.165, 1.54) is 6.07 Å². The van der Waals surface area contributed by atoms with Crippen LogP contribution < -0.4 is 0 Å². The minimum Gasteiger partial charge on any atom is -0.478 e. The van der Waals surface area contributed by atoms with Gasteiger partial charge >= 0.3 is 5.97 Å². The van der Waals surface area contributed by atoms with E-state index in [1.807, 2.05) is 36.4 Å². The van der Waals surface area contributed by atoms with Crippen LogP contribution in [0.5, 0.6) is 0 Å². The number of benzene rings is 3. The summed E-state index contributed by atoms with van der Waals surface area (Å²) in [7, 11) is 0. The predicted molar refractivity (Wildman–Crippen MR) is 85.4 cm³/mol. The fraction of sp³-hybridized carbons (Fsp3) is 0.0526. The van der Waals surface area contributed by atoms with Gasteiger partial charge in [0.05, 0.1) is 5.56 Å². The molecule has 0 radical (unpaired) electrons. The lowest BCUT2D eigenvalue weighted by molar-refractivity contribution is 0.0696. The summed E-state index contributed by atoms with van der Waals surface area (Å²) in [6, 6.07) is 20.0. The van der Waals surface area contributed by atoms with Gasteiger partial charge in [-0.1, -0.05) is 54.6 Å². The highest BCUT2D eigenvalue weighted by molar-refractivity contribution is 6.02. The Labute approximate surface area is 127 Å². The Hall–Kier alpha value is -2.94. The molecule has 0 fully saturated rings. The number of aromatic carboxylic acids is 1. The SMILES string of the molecule is O=C(Cc1ccccc1C(=O)O)c1ccc2ccccc2c1. The first-order valence-electron chi connectivity index (χ1n) is 6.98. The minimum atomic E-state index is -1.01. The van der Waals surface area contributed by atoms with Crippen molar-refractivity contribution in [2.24, 2.45) is 0 Å². The lowest BCUT2D eigenvalue weighted by atomic mass is 9.97. The van der Waals surface area contributed by atoms with Gasteiger partial charge in [0.2, 0.25) is 0 Å². The van der Waals surface area contributed by atoms with Crippen molar-refractivity contribution in [3.63, 3.8) is 0 Å². The molecular formula is C19H14O3. The Morgan fingerprint density at radius 1 is 0.818 bits per heavy atom. The van der Waals surface area contributed by atoms with Gasteiger partial charge in [-0.15, -0.1) is 0 Å². The third kappa shape index (κ3) is 2.74. The second-order valence-corrected chi connectivity index (χ2v) is 5.12. The van der Waals surface area contributed by atoms with E-state index in [0.29, 0.717) is 11.1 Å². The van der Waals surface area contributed by atoms with E-state index in [-0.39, 0.29) is 17.8 Å². The maximum atomic E-state index is 12.4. The van der Waals surface area contributed by atoms with Gasteiger partial charge in [-0.3, -0.25) is 4.79 Å². The summed E-state index contributed by atoms with van der Waals surface area (Å²) in [5.41, 5.74) is 1.31. The quantitative estimate of drug-likeness (QED) is 0.740. The lowest BCUT2D eigenvalue weighted by Crippen LogP contribution is -2.08. The molecule has 3 heteroatoms. The number of ketones is 1. The van der Waals surface area contributed by atoms with Crippen molar-refractivity contribution in [3.05, 3.63) is 83.4 Å². The fourth-order valence-corrected chi connectivity index (χ4v) is 2.52. The van der Waals surface area contributed by atoms with Gasteiger partial charge in [-0.2, -0.15) is 0 Å². The Morgan fingerprint density at radius 3 is 2.27 bits per heavy atom. The van der Waals surface area contributed by atoms with Crippen molar-refractivity contribution in [1.29, 1.82) is 0 Å². The van der Waals surface area contributed by atoms with Crippen molar-refractivity contribution in [1.82, 2.24) is 0 Å². The van der Waals surface area contributed by atoms with Crippen LogP contribution in [0.25, 0.3) is 10.8 Å². The molecule has 0 aliphatic heterocycles. The number of carbonyl (C=O) groups excluding carboxylic acids is 1. The van der Waals surface area contributed by atoms with Crippen molar-refractivity contribution < 1.29 is 14.7 Å². The Balaban J connectivity index is 1.92. The maximum absolute atomic E-state index is 12.4. The zero-order valence-electron chi connectivity index (χ0n) is 11.8. The van der Waals surface area contributed by atoms with E-state index >= 15 is 0 Å². The first-order valence-corrected chi connectivity index (χ1v) is 6.98. The molecule has 1 N–H and O–H groups in total. The summed E-state index contributed by atoms with van der Waals surface area (Å²) >= 11 is 0. The minimum absolute atomic E-state index is 0.0838. The topological polar surface area (TPSA) is 54.4 Å². The summed E-state index contributed by atoms with van der Waals surface area (Å²) < 4.78 is 0. The van der Waals surface area contributed by atoms with E-state index in [4.69, 9.17) is 0 Å².